The number of benzene rings is 1. The van der Waals surface area contributed by atoms with Gasteiger partial charge in [0.15, 0.2) is 0 Å². The van der Waals surface area contributed by atoms with Gasteiger partial charge in [0.1, 0.15) is 0 Å². The summed E-state index contributed by atoms with van der Waals surface area (Å²) in [6.07, 6.45) is 0. The summed E-state index contributed by atoms with van der Waals surface area (Å²) in [5, 5.41) is 3.45. The summed E-state index contributed by atoms with van der Waals surface area (Å²) in [5.41, 5.74) is 2.33. The van der Waals surface area contributed by atoms with Gasteiger partial charge < -0.3 is 5.32 Å². The molecule has 0 heterocycles. The first-order chi connectivity index (χ1) is 6.63. The lowest BCUT2D eigenvalue weighted by atomic mass is 10.1. The van der Waals surface area contributed by atoms with E-state index in [4.69, 9.17) is 11.6 Å². The highest BCUT2D eigenvalue weighted by Crippen LogP contribution is 2.14. The second-order valence-electron chi connectivity index (χ2n) is 4.01. The molecule has 1 unspecified atom stereocenters. The molecule has 0 saturated carbocycles. The van der Waals surface area contributed by atoms with E-state index in [0.29, 0.717) is 17.8 Å². The van der Waals surface area contributed by atoms with Crippen molar-refractivity contribution in [2.24, 2.45) is 5.92 Å². The molecule has 0 aromatic heterocycles. The van der Waals surface area contributed by atoms with E-state index in [1.807, 2.05) is 0 Å². The van der Waals surface area contributed by atoms with Crippen molar-refractivity contribution in [2.45, 2.75) is 32.7 Å². The van der Waals surface area contributed by atoms with Crippen LogP contribution in [-0.2, 0) is 5.88 Å². The van der Waals surface area contributed by atoms with Gasteiger partial charge in [-0.05, 0) is 30.5 Å². The van der Waals surface area contributed by atoms with Crippen LogP contribution in [-0.4, -0.2) is 6.04 Å². The molecule has 1 rings (SSSR count). The predicted octanol–water partition coefficient (Wildman–Crippen LogP) is 3.88. The van der Waals surface area contributed by atoms with Gasteiger partial charge in [-0.1, -0.05) is 26.0 Å². The maximum Gasteiger partial charge on any atom is 0.0474 e. The topological polar surface area (TPSA) is 12.0 Å². The van der Waals surface area contributed by atoms with Crippen LogP contribution >= 0.6 is 11.6 Å². The molecule has 0 spiro atoms. The van der Waals surface area contributed by atoms with Crippen LogP contribution in [0.15, 0.2) is 24.3 Å². The third-order valence-electron chi connectivity index (χ3n) is 2.50. The first-order valence-corrected chi connectivity index (χ1v) is 5.58. The molecule has 1 atom stereocenters. The van der Waals surface area contributed by atoms with E-state index in [1.54, 1.807) is 0 Å². The molecule has 0 bridgehead atoms. The summed E-state index contributed by atoms with van der Waals surface area (Å²) < 4.78 is 0. The summed E-state index contributed by atoms with van der Waals surface area (Å²) in [6, 6.07) is 8.77. The van der Waals surface area contributed by atoms with Crippen LogP contribution in [0.2, 0.25) is 0 Å². The lowest BCUT2D eigenvalue weighted by Gasteiger charge is -2.18. The van der Waals surface area contributed by atoms with Crippen molar-refractivity contribution in [1.29, 1.82) is 0 Å². The Balaban J connectivity index is 2.59. The van der Waals surface area contributed by atoms with Gasteiger partial charge in [0.25, 0.3) is 0 Å². The summed E-state index contributed by atoms with van der Waals surface area (Å²) in [7, 11) is 0. The Bertz CT molecular complexity index is 266. The van der Waals surface area contributed by atoms with E-state index in [2.05, 4.69) is 50.4 Å². The van der Waals surface area contributed by atoms with Gasteiger partial charge in [-0.25, -0.2) is 0 Å². The van der Waals surface area contributed by atoms with E-state index in [0.717, 1.165) is 5.56 Å². The van der Waals surface area contributed by atoms with Gasteiger partial charge in [0.2, 0.25) is 0 Å². The van der Waals surface area contributed by atoms with Gasteiger partial charge in [-0.3, -0.25) is 0 Å². The van der Waals surface area contributed by atoms with E-state index in [-0.39, 0.29) is 0 Å². The molecule has 0 radical (unpaired) electrons. The fourth-order valence-corrected chi connectivity index (χ4v) is 1.30. The SMILES string of the molecule is CC(C)C(C)Nc1ccc(CCl)cc1. The van der Waals surface area contributed by atoms with Crippen LogP contribution in [0.5, 0.6) is 0 Å². The Kier molecular flexibility index (Phi) is 4.27. The van der Waals surface area contributed by atoms with E-state index >= 15 is 0 Å². The summed E-state index contributed by atoms with van der Waals surface area (Å²) in [4.78, 5) is 0. The number of halogens is 1. The quantitative estimate of drug-likeness (QED) is 0.746. The van der Waals surface area contributed by atoms with E-state index in [9.17, 15) is 0 Å². The number of hydrogen-bond donors (Lipinski definition) is 1. The molecule has 1 N–H and O–H groups in total. The molecule has 14 heavy (non-hydrogen) atoms. The standard InChI is InChI=1S/C12H18ClN/c1-9(2)10(3)14-12-6-4-11(8-13)5-7-12/h4-7,9-10,14H,8H2,1-3H3. The Labute approximate surface area is 91.5 Å². The first kappa shape index (κ1) is 11.4. The highest BCUT2D eigenvalue weighted by molar-refractivity contribution is 6.17. The van der Waals surface area contributed by atoms with Gasteiger partial charge in [0.05, 0.1) is 0 Å². The molecular weight excluding hydrogens is 194 g/mol. The monoisotopic (exact) mass is 211 g/mol. The Morgan fingerprint density at radius 3 is 2.14 bits per heavy atom. The van der Waals surface area contributed by atoms with Crippen molar-refractivity contribution < 1.29 is 0 Å². The normalized spacial score (nSPS) is 12.9. The van der Waals surface area contributed by atoms with Gasteiger partial charge in [-0.2, -0.15) is 0 Å². The van der Waals surface area contributed by atoms with Crippen molar-refractivity contribution >= 4 is 17.3 Å². The van der Waals surface area contributed by atoms with Crippen LogP contribution in [0.1, 0.15) is 26.3 Å². The zero-order valence-electron chi connectivity index (χ0n) is 9.05. The van der Waals surface area contributed by atoms with Gasteiger partial charge >= 0.3 is 0 Å². The zero-order chi connectivity index (χ0) is 10.6. The molecule has 1 aromatic rings. The minimum atomic E-state index is 0.497. The number of hydrogen-bond acceptors (Lipinski definition) is 1. The molecule has 0 aliphatic heterocycles. The number of alkyl halides is 1. The third-order valence-corrected chi connectivity index (χ3v) is 2.81. The number of anilines is 1. The van der Waals surface area contributed by atoms with E-state index in [1.165, 1.54) is 5.69 Å². The predicted molar refractivity (Wildman–Crippen MR) is 63.9 cm³/mol. The maximum absolute atomic E-state index is 5.72. The lowest BCUT2D eigenvalue weighted by Crippen LogP contribution is -2.21. The van der Waals surface area contributed by atoms with Crippen molar-refractivity contribution in [3.63, 3.8) is 0 Å². The van der Waals surface area contributed by atoms with Gasteiger partial charge in [-0.15, -0.1) is 11.6 Å². The van der Waals surface area contributed by atoms with Crippen LogP contribution < -0.4 is 5.32 Å². The average Bonchev–Trinajstić information content (AvgIpc) is 2.19. The molecule has 0 amide bonds. The second kappa shape index (κ2) is 5.26. The summed E-state index contributed by atoms with van der Waals surface area (Å²) in [5.74, 6) is 1.22. The molecule has 78 valence electrons. The second-order valence-corrected chi connectivity index (χ2v) is 4.27. The molecule has 0 aliphatic rings. The molecule has 0 fully saturated rings. The summed E-state index contributed by atoms with van der Waals surface area (Å²) >= 11 is 5.72. The lowest BCUT2D eigenvalue weighted by molar-refractivity contribution is 0.560. The maximum atomic E-state index is 5.72. The fraction of sp³-hybridized carbons (Fsp3) is 0.500. The third kappa shape index (κ3) is 3.22. The number of rotatable bonds is 4. The van der Waals surface area contributed by atoms with Crippen LogP contribution in [0.4, 0.5) is 5.69 Å². The number of nitrogens with one attached hydrogen (secondary N) is 1. The van der Waals surface area contributed by atoms with E-state index < -0.39 is 0 Å². The Morgan fingerprint density at radius 1 is 1.14 bits per heavy atom. The zero-order valence-corrected chi connectivity index (χ0v) is 9.81. The molecule has 1 nitrogen and oxygen atoms in total. The Hall–Kier alpha value is -0.690. The largest absolute Gasteiger partial charge is 0.382 e. The Morgan fingerprint density at radius 2 is 1.71 bits per heavy atom. The highest BCUT2D eigenvalue weighted by atomic mass is 35.5. The summed E-state index contributed by atoms with van der Waals surface area (Å²) in [6.45, 7) is 6.62. The van der Waals surface area contributed by atoms with Crippen LogP contribution in [0.3, 0.4) is 0 Å². The fourth-order valence-electron chi connectivity index (χ4n) is 1.12. The molecular formula is C12H18ClN. The molecule has 0 saturated heterocycles. The van der Waals surface area contributed by atoms with Crippen molar-refractivity contribution in [3.8, 4) is 0 Å². The minimum absolute atomic E-state index is 0.497. The molecule has 1 aromatic carbocycles. The average molecular weight is 212 g/mol. The van der Waals surface area contributed by atoms with Crippen molar-refractivity contribution in [1.82, 2.24) is 0 Å². The molecule has 2 heteroatoms. The van der Waals surface area contributed by atoms with Crippen LogP contribution in [0.25, 0.3) is 0 Å². The van der Waals surface area contributed by atoms with Crippen molar-refractivity contribution in [3.05, 3.63) is 29.8 Å². The minimum Gasteiger partial charge on any atom is -0.382 e. The van der Waals surface area contributed by atoms with Gasteiger partial charge in [0, 0.05) is 17.6 Å². The van der Waals surface area contributed by atoms with Crippen LogP contribution in [0, 0.1) is 5.92 Å². The molecule has 0 aliphatic carbocycles. The van der Waals surface area contributed by atoms with Crippen molar-refractivity contribution in [2.75, 3.05) is 5.32 Å². The smallest absolute Gasteiger partial charge is 0.0474 e. The first-order valence-electron chi connectivity index (χ1n) is 5.05. The highest BCUT2D eigenvalue weighted by Gasteiger charge is 2.05.